The second-order valence-corrected chi connectivity index (χ2v) is 18.1. The lowest BCUT2D eigenvalue weighted by Gasteiger charge is -2.51. The summed E-state index contributed by atoms with van der Waals surface area (Å²) >= 11 is 13.7. The number of phenols is 1. The van der Waals surface area contributed by atoms with Crippen LogP contribution in [-0.4, -0.2) is 55.1 Å². The Morgan fingerprint density at radius 1 is 0.797 bits per heavy atom. The smallest absolute Gasteiger partial charge is 0.260 e. The van der Waals surface area contributed by atoms with Crippen molar-refractivity contribution < 1.29 is 42.9 Å². The van der Waals surface area contributed by atoms with E-state index in [0.29, 0.717) is 49.1 Å². The molecule has 9 rings (SSSR count). The number of nitrogens with one attached hydrogen (secondary N) is 1. The molecule has 4 aliphatic rings. The van der Waals surface area contributed by atoms with Crippen LogP contribution in [0.2, 0.25) is 5.02 Å². The number of anilines is 2. The van der Waals surface area contributed by atoms with E-state index in [4.69, 9.17) is 25.8 Å². The van der Waals surface area contributed by atoms with Crippen LogP contribution >= 0.6 is 43.5 Å². The summed E-state index contributed by atoms with van der Waals surface area (Å²) < 4.78 is 31.2. The predicted octanol–water partition coefficient (Wildman–Crippen LogP) is 10.1. The Kier molecular flexibility index (Phi) is 11.4. The molecule has 0 spiro atoms. The molecule has 326 valence electrons. The number of amides is 4. The molecular weight excluding hydrogens is 973 g/mol. The number of carbonyl (C=O) groups is 4. The summed E-state index contributed by atoms with van der Waals surface area (Å²) in [5, 5.41) is 12.5. The number of benzene rings is 5. The fourth-order valence-corrected chi connectivity index (χ4v) is 11.2. The SMILES string of the molecule is COc1ccc(OC)c(C=Cc2ccc(N3C(=O)[C@H]4[C@H](CC=C5[C@H]4C[C@H]4C(=O)N(Nc6ccc(F)cc6)C(=O)[C@@]4(c4ccc(Cl)cc4)[C@H]5c4cc(OC)c(O)c(Br)c4Br)C3=O)cc2)c1. The molecule has 5 aromatic rings. The third-order valence-corrected chi connectivity index (χ3v) is 15.4. The largest absolute Gasteiger partial charge is 0.503 e. The average molecular weight is 1010 g/mol. The molecule has 2 saturated heterocycles. The van der Waals surface area contributed by atoms with Gasteiger partial charge in [-0.1, -0.05) is 59.7 Å². The molecule has 2 aliphatic carbocycles. The number of allylic oxidation sites excluding steroid dienone is 2. The summed E-state index contributed by atoms with van der Waals surface area (Å²) in [6.45, 7) is 0. The van der Waals surface area contributed by atoms with Crippen molar-refractivity contribution in [2.24, 2.45) is 23.7 Å². The first kappa shape index (κ1) is 43.3. The molecule has 11 nitrogen and oxygen atoms in total. The van der Waals surface area contributed by atoms with Gasteiger partial charge in [-0.25, -0.2) is 4.39 Å². The Morgan fingerprint density at radius 2 is 1.50 bits per heavy atom. The van der Waals surface area contributed by atoms with E-state index < -0.39 is 58.5 Å². The molecule has 2 heterocycles. The van der Waals surface area contributed by atoms with E-state index in [9.17, 15) is 19.1 Å². The van der Waals surface area contributed by atoms with Gasteiger partial charge in [0.25, 0.3) is 11.8 Å². The Labute approximate surface area is 389 Å². The standard InChI is InChI=1S/C49H39Br2ClFN3O8/c1-62-32-18-21-38(63-2)26(22-32)7-4-25-5-16-31(17-6-25)55-45(58)34-20-19-33-35(40(34)47(55)60)23-37-46(59)56(54-30-14-12-29(53)13-15-30)48(61)49(37,27-8-10-28(52)11-9-27)41(33)36-24-39(64-3)44(57)43(51)42(36)50/h4-19,21-22,24,34-35,37,40-41,54,57H,20,23H2,1-3H3/t34-,35+,37-,40-,41+,49+/m0/s1. The second-order valence-electron chi connectivity index (χ2n) is 16.1. The third kappa shape index (κ3) is 6.88. The van der Waals surface area contributed by atoms with Crippen LogP contribution in [0, 0.1) is 29.5 Å². The minimum Gasteiger partial charge on any atom is -0.503 e. The van der Waals surface area contributed by atoms with E-state index in [2.05, 4.69) is 37.3 Å². The van der Waals surface area contributed by atoms with E-state index in [0.717, 1.165) is 16.1 Å². The zero-order valence-corrected chi connectivity index (χ0v) is 38.4. The highest BCUT2D eigenvalue weighted by molar-refractivity contribution is 9.13. The lowest BCUT2D eigenvalue weighted by Crippen LogP contribution is -2.53. The lowest BCUT2D eigenvalue weighted by atomic mass is 9.49. The number of hydrogen-bond donors (Lipinski definition) is 2. The number of rotatable bonds is 10. The Hall–Kier alpha value is -5.96. The molecule has 5 aromatic carbocycles. The van der Waals surface area contributed by atoms with Crippen molar-refractivity contribution in [2.45, 2.75) is 24.2 Å². The normalized spacial score (nSPS) is 23.8. The highest BCUT2D eigenvalue weighted by Gasteiger charge is 2.70. The van der Waals surface area contributed by atoms with Gasteiger partial charge in [-0.3, -0.25) is 29.5 Å². The fourth-order valence-electron chi connectivity index (χ4n) is 10.1. The van der Waals surface area contributed by atoms with Crippen molar-refractivity contribution in [3.63, 3.8) is 0 Å². The highest BCUT2D eigenvalue weighted by atomic mass is 79.9. The van der Waals surface area contributed by atoms with Gasteiger partial charge < -0.3 is 19.3 Å². The Balaban J connectivity index is 1.15. The van der Waals surface area contributed by atoms with Crippen LogP contribution in [0.25, 0.3) is 12.2 Å². The molecule has 3 fully saturated rings. The van der Waals surface area contributed by atoms with Crippen LogP contribution in [0.3, 0.4) is 0 Å². The van der Waals surface area contributed by atoms with Gasteiger partial charge in [0.2, 0.25) is 11.8 Å². The van der Waals surface area contributed by atoms with Crippen LogP contribution < -0.4 is 24.5 Å². The molecule has 2 aliphatic heterocycles. The summed E-state index contributed by atoms with van der Waals surface area (Å²) in [5.41, 5.74) is 5.28. The van der Waals surface area contributed by atoms with Crippen molar-refractivity contribution in [1.29, 1.82) is 0 Å². The summed E-state index contributed by atoms with van der Waals surface area (Å²) in [4.78, 5) is 61.3. The molecule has 0 bridgehead atoms. The number of fused-ring (bicyclic) bond motifs is 4. The second kappa shape index (κ2) is 16.9. The fraction of sp³-hybridized carbons (Fsp3) is 0.224. The number of phenolic OH excluding ortho intramolecular Hbond substituents is 1. The third-order valence-electron chi connectivity index (χ3n) is 13.0. The van der Waals surface area contributed by atoms with E-state index in [-0.39, 0.29) is 34.7 Å². The van der Waals surface area contributed by atoms with Crippen molar-refractivity contribution in [3.8, 4) is 23.0 Å². The van der Waals surface area contributed by atoms with Gasteiger partial charge in [-0.15, -0.1) is 0 Å². The molecule has 0 unspecified atom stereocenters. The molecule has 1 saturated carbocycles. The number of hydrogen-bond acceptors (Lipinski definition) is 9. The van der Waals surface area contributed by atoms with Crippen LogP contribution in [0.1, 0.15) is 41.0 Å². The van der Waals surface area contributed by atoms with E-state index in [1.165, 1.54) is 36.3 Å². The van der Waals surface area contributed by atoms with Gasteiger partial charge in [-0.05, 0) is 140 Å². The molecule has 0 radical (unpaired) electrons. The lowest BCUT2D eigenvalue weighted by molar-refractivity contribution is -0.138. The van der Waals surface area contributed by atoms with E-state index in [1.807, 2.05) is 48.6 Å². The van der Waals surface area contributed by atoms with Gasteiger partial charge in [-0.2, -0.15) is 5.01 Å². The van der Waals surface area contributed by atoms with Crippen molar-refractivity contribution in [1.82, 2.24) is 5.01 Å². The number of aromatic hydroxyl groups is 1. The summed E-state index contributed by atoms with van der Waals surface area (Å²) in [6, 6.07) is 26.2. The maximum Gasteiger partial charge on any atom is 0.260 e. The van der Waals surface area contributed by atoms with Gasteiger partial charge >= 0.3 is 0 Å². The summed E-state index contributed by atoms with van der Waals surface area (Å²) in [6.07, 6.45) is 5.94. The highest BCUT2D eigenvalue weighted by Crippen LogP contribution is 2.66. The maximum atomic E-state index is 15.6. The van der Waals surface area contributed by atoms with Crippen LogP contribution in [0.5, 0.6) is 23.0 Å². The average Bonchev–Trinajstić information content (AvgIpc) is 3.69. The maximum absolute atomic E-state index is 15.6. The number of carbonyl (C=O) groups excluding carboxylic acids is 4. The first-order valence-corrected chi connectivity index (χ1v) is 22.3. The number of nitrogens with zero attached hydrogens (tertiary/aromatic N) is 2. The number of halogens is 4. The molecular formula is C49H39Br2ClFN3O8. The molecule has 4 amide bonds. The summed E-state index contributed by atoms with van der Waals surface area (Å²) in [5.74, 6) is -5.52. The van der Waals surface area contributed by atoms with Crippen LogP contribution in [0.15, 0.2) is 118 Å². The van der Waals surface area contributed by atoms with Crippen LogP contribution in [-0.2, 0) is 24.6 Å². The van der Waals surface area contributed by atoms with Crippen molar-refractivity contribution in [3.05, 3.63) is 151 Å². The van der Waals surface area contributed by atoms with Gasteiger partial charge in [0.15, 0.2) is 11.5 Å². The number of hydrazine groups is 1. The monoisotopic (exact) mass is 1010 g/mol. The van der Waals surface area contributed by atoms with Gasteiger partial charge in [0, 0.05) is 21.0 Å². The molecule has 64 heavy (non-hydrogen) atoms. The minimum atomic E-state index is -1.66. The predicted molar refractivity (Wildman–Crippen MR) is 246 cm³/mol. The Bertz CT molecular complexity index is 2800. The number of ether oxygens (including phenoxy) is 3. The van der Waals surface area contributed by atoms with Gasteiger partial charge in [0.05, 0.1) is 60.3 Å². The minimum absolute atomic E-state index is 0.0383. The quantitative estimate of drug-likeness (QED) is 0.0797. The Morgan fingerprint density at radius 3 is 2.17 bits per heavy atom. The summed E-state index contributed by atoms with van der Waals surface area (Å²) in [7, 11) is 4.58. The number of methoxy groups -OCH3 is 3. The van der Waals surface area contributed by atoms with Crippen molar-refractivity contribution in [2.75, 3.05) is 31.7 Å². The van der Waals surface area contributed by atoms with Gasteiger partial charge in [0.1, 0.15) is 17.3 Å². The zero-order valence-electron chi connectivity index (χ0n) is 34.5. The first-order chi connectivity index (χ1) is 30.8. The molecule has 15 heteroatoms. The van der Waals surface area contributed by atoms with E-state index >= 15 is 9.59 Å². The zero-order chi connectivity index (χ0) is 45.2. The topological polar surface area (TPSA) is 135 Å². The molecule has 0 aromatic heterocycles. The first-order valence-electron chi connectivity index (χ1n) is 20.3. The molecule has 2 N–H and O–H groups in total. The van der Waals surface area contributed by atoms with E-state index in [1.54, 1.807) is 56.7 Å². The molecule has 6 atom stereocenters. The van der Waals surface area contributed by atoms with Crippen LogP contribution in [0.4, 0.5) is 15.8 Å². The van der Waals surface area contributed by atoms with Crippen molar-refractivity contribution >= 4 is 90.6 Å². The number of imide groups is 2.